The molecule has 4 rings (SSSR count). The number of halogens is 1. The summed E-state index contributed by atoms with van der Waals surface area (Å²) >= 11 is 0. The molecule has 1 fully saturated rings. The van der Waals surface area contributed by atoms with Crippen molar-refractivity contribution in [1.82, 2.24) is 15.0 Å². The van der Waals surface area contributed by atoms with Crippen LogP contribution in [0.15, 0.2) is 48.5 Å². The molecule has 180 valence electrons. The van der Waals surface area contributed by atoms with E-state index in [1.54, 1.807) is 26.4 Å². The van der Waals surface area contributed by atoms with Crippen molar-refractivity contribution in [1.29, 1.82) is 0 Å². The Bertz CT molecular complexity index is 1150. The van der Waals surface area contributed by atoms with E-state index < -0.39 is 0 Å². The Morgan fingerprint density at radius 1 is 1.03 bits per heavy atom. The van der Waals surface area contributed by atoms with Gasteiger partial charge in [0.15, 0.2) is 0 Å². The Labute approximate surface area is 200 Å². The molecule has 1 aliphatic rings. The van der Waals surface area contributed by atoms with Crippen LogP contribution >= 0.6 is 0 Å². The van der Waals surface area contributed by atoms with Crippen LogP contribution in [0.3, 0.4) is 0 Å². The maximum atomic E-state index is 13.7. The molecule has 7 heteroatoms. The molecule has 0 aliphatic carbocycles. The number of hydrazine groups is 1. The van der Waals surface area contributed by atoms with E-state index >= 15 is 0 Å². The number of aromatic nitrogens is 1. The van der Waals surface area contributed by atoms with Gasteiger partial charge in [-0.3, -0.25) is 10.2 Å². The highest BCUT2D eigenvalue weighted by Crippen LogP contribution is 2.36. The molecule has 34 heavy (non-hydrogen) atoms. The third-order valence-electron chi connectivity index (χ3n) is 6.42. The van der Waals surface area contributed by atoms with Gasteiger partial charge < -0.3 is 14.0 Å². The van der Waals surface area contributed by atoms with Gasteiger partial charge in [0.1, 0.15) is 17.3 Å². The Morgan fingerprint density at radius 3 is 2.53 bits per heavy atom. The van der Waals surface area contributed by atoms with Gasteiger partial charge in [0.05, 0.1) is 25.5 Å². The minimum Gasteiger partial charge on any atom is -0.497 e. The molecule has 1 aliphatic heterocycles. The number of hydrogen-bond donors (Lipinski definition) is 1. The molecule has 0 atom stereocenters. The van der Waals surface area contributed by atoms with Gasteiger partial charge in [-0.2, -0.15) is 0 Å². The lowest BCUT2D eigenvalue weighted by Crippen LogP contribution is -2.45. The number of benzene rings is 2. The fraction of sp³-hybridized carbons (Fsp3) is 0.370. The largest absolute Gasteiger partial charge is 0.497 e. The van der Waals surface area contributed by atoms with E-state index in [9.17, 15) is 9.18 Å². The molecule has 2 heterocycles. The van der Waals surface area contributed by atoms with Gasteiger partial charge in [0, 0.05) is 30.9 Å². The molecule has 1 saturated heterocycles. The molecule has 3 aromatic rings. The Hall–Kier alpha value is -3.32. The average molecular weight is 466 g/mol. The normalized spacial score (nSPS) is 14.1. The van der Waals surface area contributed by atoms with Crippen LogP contribution < -0.4 is 14.9 Å². The maximum Gasteiger partial charge on any atom is 0.267 e. The van der Waals surface area contributed by atoms with Crippen LogP contribution in [-0.4, -0.2) is 42.8 Å². The first-order valence-corrected chi connectivity index (χ1v) is 11.7. The Balaban J connectivity index is 1.72. The lowest BCUT2D eigenvalue weighted by Gasteiger charge is -2.26. The third kappa shape index (κ3) is 5.25. The third-order valence-corrected chi connectivity index (χ3v) is 6.42. The van der Waals surface area contributed by atoms with E-state index in [1.165, 1.54) is 12.5 Å². The molecular formula is C27H32FN3O3. The minimum absolute atomic E-state index is 0.119. The first kappa shape index (κ1) is 23.8. The summed E-state index contributed by atoms with van der Waals surface area (Å²) in [6.07, 6.45) is 3.99. The number of carbonyl (C=O) groups excluding carboxylic acids is 1. The van der Waals surface area contributed by atoms with Crippen molar-refractivity contribution >= 4 is 5.91 Å². The molecule has 0 spiro atoms. The summed E-state index contributed by atoms with van der Waals surface area (Å²) < 4.78 is 26.9. The molecule has 0 bridgehead atoms. The number of hydrogen-bond acceptors (Lipinski definition) is 4. The molecule has 6 nitrogen and oxygen atoms in total. The van der Waals surface area contributed by atoms with E-state index in [2.05, 4.69) is 9.99 Å². The molecule has 0 radical (unpaired) electrons. The van der Waals surface area contributed by atoms with Gasteiger partial charge in [-0.15, -0.1) is 0 Å². The first-order chi connectivity index (χ1) is 16.5. The van der Waals surface area contributed by atoms with Gasteiger partial charge in [-0.05, 0) is 68.1 Å². The van der Waals surface area contributed by atoms with Crippen molar-refractivity contribution in [2.45, 2.75) is 39.2 Å². The van der Waals surface area contributed by atoms with Crippen LogP contribution in [0.4, 0.5) is 4.39 Å². The summed E-state index contributed by atoms with van der Waals surface area (Å²) in [5.41, 5.74) is 7.13. The topological polar surface area (TPSA) is 55.7 Å². The van der Waals surface area contributed by atoms with Crippen LogP contribution in [0.5, 0.6) is 11.5 Å². The number of rotatable bonds is 8. The molecule has 1 amide bonds. The highest BCUT2D eigenvalue weighted by Gasteiger charge is 2.23. The molecular weight excluding hydrogens is 433 g/mol. The molecule has 2 aromatic carbocycles. The summed E-state index contributed by atoms with van der Waals surface area (Å²) in [5, 5.41) is 2.00. The number of ether oxygens (including phenoxy) is 2. The predicted molar refractivity (Wildman–Crippen MR) is 131 cm³/mol. The van der Waals surface area contributed by atoms with E-state index in [4.69, 9.17) is 9.47 Å². The van der Waals surface area contributed by atoms with Crippen molar-refractivity contribution < 1.29 is 18.7 Å². The molecule has 1 aromatic heterocycles. The van der Waals surface area contributed by atoms with E-state index in [-0.39, 0.29) is 11.7 Å². The summed E-state index contributed by atoms with van der Waals surface area (Å²) in [5.74, 6) is 1.02. The number of piperidine rings is 1. The van der Waals surface area contributed by atoms with Crippen LogP contribution in [-0.2, 0) is 13.0 Å². The lowest BCUT2D eigenvalue weighted by atomic mass is 10.1. The van der Waals surface area contributed by atoms with Crippen molar-refractivity contribution in [3.63, 3.8) is 0 Å². The van der Waals surface area contributed by atoms with Gasteiger partial charge in [0.2, 0.25) is 0 Å². The quantitative estimate of drug-likeness (QED) is 0.509. The molecule has 0 saturated carbocycles. The summed E-state index contributed by atoms with van der Waals surface area (Å²) in [4.78, 5) is 13.3. The number of amides is 1. The number of aryl methyl sites for hydroxylation is 1. The van der Waals surface area contributed by atoms with Crippen molar-refractivity contribution in [2.24, 2.45) is 0 Å². The van der Waals surface area contributed by atoms with Crippen molar-refractivity contribution in [2.75, 3.05) is 27.3 Å². The number of carbonyl (C=O) groups is 1. The summed E-state index contributed by atoms with van der Waals surface area (Å²) in [6.45, 7) is 4.26. The fourth-order valence-corrected chi connectivity index (χ4v) is 4.54. The van der Waals surface area contributed by atoms with Crippen molar-refractivity contribution in [3.8, 4) is 22.8 Å². The number of nitrogens with zero attached hydrogens (tertiary/aromatic N) is 2. The Morgan fingerprint density at radius 2 is 1.82 bits per heavy atom. The zero-order valence-corrected chi connectivity index (χ0v) is 20.1. The van der Waals surface area contributed by atoms with Crippen LogP contribution in [0.2, 0.25) is 0 Å². The Kier molecular flexibility index (Phi) is 7.53. The smallest absolute Gasteiger partial charge is 0.267 e. The zero-order valence-electron chi connectivity index (χ0n) is 20.1. The van der Waals surface area contributed by atoms with Crippen LogP contribution in [0.1, 0.15) is 40.9 Å². The van der Waals surface area contributed by atoms with E-state index in [1.807, 2.05) is 42.3 Å². The fourth-order valence-electron chi connectivity index (χ4n) is 4.54. The highest BCUT2D eigenvalue weighted by atomic mass is 19.1. The maximum absolute atomic E-state index is 13.7. The monoisotopic (exact) mass is 465 g/mol. The minimum atomic E-state index is -0.252. The number of nitrogens with one attached hydrogen (secondary N) is 1. The highest BCUT2D eigenvalue weighted by molar-refractivity contribution is 5.97. The van der Waals surface area contributed by atoms with E-state index in [0.717, 1.165) is 48.4 Å². The second-order valence-corrected chi connectivity index (χ2v) is 8.62. The van der Waals surface area contributed by atoms with Crippen LogP contribution in [0, 0.1) is 12.7 Å². The second-order valence-electron chi connectivity index (χ2n) is 8.62. The first-order valence-electron chi connectivity index (χ1n) is 11.7. The SMILES string of the molecule is COc1ccc(OC)c(-c2cc(C(=O)NN3CCCCC3)c(C)n2CCc2cccc(F)c2)c1. The van der Waals surface area contributed by atoms with Crippen LogP contribution in [0.25, 0.3) is 11.3 Å². The van der Waals surface area contributed by atoms with Gasteiger partial charge in [0.25, 0.3) is 5.91 Å². The summed E-state index contributed by atoms with van der Waals surface area (Å²) in [7, 11) is 3.25. The van der Waals surface area contributed by atoms with E-state index in [0.29, 0.717) is 30.0 Å². The standard InChI is InChI=1S/C27H32FN3O3/c1-19-23(27(32)29-30-13-5-4-6-14-30)18-25(24-17-22(33-2)10-11-26(24)34-3)31(19)15-12-20-8-7-9-21(28)16-20/h7-11,16-18H,4-6,12-15H2,1-3H3,(H,29,32). The molecule has 0 unspecified atom stereocenters. The average Bonchev–Trinajstić information content (AvgIpc) is 3.19. The zero-order chi connectivity index (χ0) is 24.1. The van der Waals surface area contributed by atoms with Crippen molar-refractivity contribution in [3.05, 3.63) is 71.2 Å². The lowest BCUT2D eigenvalue weighted by molar-refractivity contribution is 0.0749. The van der Waals surface area contributed by atoms with Gasteiger partial charge in [-0.1, -0.05) is 18.6 Å². The predicted octanol–water partition coefficient (Wildman–Crippen LogP) is 4.99. The number of methoxy groups -OCH3 is 2. The summed E-state index contributed by atoms with van der Waals surface area (Å²) in [6, 6.07) is 14.2. The second kappa shape index (κ2) is 10.7. The molecule has 1 N–H and O–H groups in total. The van der Waals surface area contributed by atoms with Gasteiger partial charge in [-0.25, -0.2) is 9.40 Å². The van der Waals surface area contributed by atoms with Gasteiger partial charge >= 0.3 is 0 Å².